The average molecular weight is 496 g/mol. The summed E-state index contributed by atoms with van der Waals surface area (Å²) in [5.41, 5.74) is 11.0. The van der Waals surface area contributed by atoms with Gasteiger partial charge in [0.2, 0.25) is 5.65 Å². The third kappa shape index (κ3) is 2.77. The van der Waals surface area contributed by atoms with Crippen molar-refractivity contribution < 1.29 is 4.57 Å². The monoisotopic (exact) mass is 495 g/mol. The Kier molecular flexibility index (Phi) is 4.55. The number of imidazole rings is 1. The number of fused-ring (bicyclic) bond motifs is 9. The molecule has 7 rings (SSSR count). The van der Waals surface area contributed by atoms with Crippen LogP contribution in [0.3, 0.4) is 0 Å². The van der Waals surface area contributed by atoms with E-state index in [2.05, 4.69) is 89.5 Å². The molecule has 37 heavy (non-hydrogen) atoms. The van der Waals surface area contributed by atoms with Crippen LogP contribution in [-0.2, 0) is 16.2 Å². The van der Waals surface area contributed by atoms with Gasteiger partial charge in [0, 0.05) is 16.2 Å². The molecule has 194 valence electrons. The summed E-state index contributed by atoms with van der Waals surface area (Å²) in [6.07, 6.45) is 6.33. The van der Waals surface area contributed by atoms with Crippen molar-refractivity contribution in [2.24, 2.45) is 0 Å². The molecule has 2 bridgehead atoms. The Labute approximate surface area is 221 Å². The molecule has 4 aromatic rings. The van der Waals surface area contributed by atoms with Gasteiger partial charge in [0.05, 0.1) is 16.9 Å². The Bertz CT molecular complexity index is 1620. The zero-order chi connectivity index (χ0) is 26.2. The second-order valence-electron chi connectivity index (χ2n) is 14.4. The van der Waals surface area contributed by atoms with Gasteiger partial charge in [-0.05, 0) is 85.8 Å². The normalized spacial score (nSPS) is 24.2. The number of aromatic nitrogens is 4. The van der Waals surface area contributed by atoms with Crippen LogP contribution in [-0.4, -0.2) is 14.4 Å². The van der Waals surface area contributed by atoms with E-state index in [-0.39, 0.29) is 16.2 Å². The molecule has 4 heteroatoms. The highest BCUT2D eigenvalue weighted by atomic mass is 15.2. The third-order valence-corrected chi connectivity index (χ3v) is 10.5. The Morgan fingerprint density at radius 2 is 1.68 bits per heavy atom. The fraction of sp³-hybridized carbons (Fsp3) is 0.606. The number of pyridine rings is 1. The lowest BCUT2D eigenvalue weighted by Crippen LogP contribution is -2.53. The maximum absolute atomic E-state index is 5.55. The van der Waals surface area contributed by atoms with E-state index in [0.717, 1.165) is 41.8 Å². The van der Waals surface area contributed by atoms with Crippen LogP contribution in [0.25, 0.3) is 27.7 Å². The molecule has 0 spiro atoms. The van der Waals surface area contributed by atoms with Gasteiger partial charge >= 0.3 is 5.65 Å². The van der Waals surface area contributed by atoms with Crippen molar-refractivity contribution in [2.75, 3.05) is 0 Å². The molecule has 3 aliphatic rings. The second kappa shape index (κ2) is 7.12. The molecule has 1 aliphatic heterocycles. The van der Waals surface area contributed by atoms with Gasteiger partial charge in [-0.1, -0.05) is 55.4 Å². The van der Waals surface area contributed by atoms with Gasteiger partial charge in [0.25, 0.3) is 0 Å². The molecule has 3 atom stereocenters. The van der Waals surface area contributed by atoms with Crippen molar-refractivity contribution in [1.82, 2.24) is 14.4 Å². The molecule has 1 aromatic carbocycles. The highest BCUT2D eigenvalue weighted by Gasteiger charge is 2.52. The minimum atomic E-state index is -0.0911. The quantitative estimate of drug-likeness (QED) is 0.265. The summed E-state index contributed by atoms with van der Waals surface area (Å²) < 4.78 is 5.12. The number of hydrogen-bond donors (Lipinski definition) is 0. The second-order valence-corrected chi connectivity index (χ2v) is 14.4. The first-order valence-corrected chi connectivity index (χ1v) is 14.7. The van der Waals surface area contributed by atoms with Gasteiger partial charge in [0.1, 0.15) is 5.69 Å². The Morgan fingerprint density at radius 1 is 0.973 bits per heavy atom. The van der Waals surface area contributed by atoms with E-state index in [4.69, 9.17) is 9.97 Å². The summed E-state index contributed by atoms with van der Waals surface area (Å²) in [5.74, 6) is 2.60. The first-order chi connectivity index (χ1) is 17.4. The summed E-state index contributed by atoms with van der Waals surface area (Å²) in [7, 11) is 0. The maximum Gasteiger partial charge on any atom is 0.303 e. The molecule has 0 saturated heterocycles. The Balaban J connectivity index is 1.78. The Hall–Kier alpha value is -2.49. The van der Waals surface area contributed by atoms with Crippen molar-refractivity contribution in [3.05, 3.63) is 46.4 Å². The zero-order valence-electron chi connectivity index (χ0n) is 24.3. The average Bonchev–Trinajstić information content (AvgIpc) is 3.54. The fourth-order valence-electron chi connectivity index (χ4n) is 8.50. The van der Waals surface area contributed by atoms with Crippen molar-refractivity contribution in [2.45, 2.75) is 129 Å². The zero-order valence-corrected chi connectivity index (χ0v) is 24.3. The summed E-state index contributed by atoms with van der Waals surface area (Å²) in [5, 5.41) is 1.41. The smallest absolute Gasteiger partial charge is 0.222 e. The Morgan fingerprint density at radius 3 is 2.32 bits per heavy atom. The molecule has 3 unspecified atom stereocenters. The van der Waals surface area contributed by atoms with Crippen molar-refractivity contribution in [3.8, 4) is 0 Å². The minimum Gasteiger partial charge on any atom is -0.222 e. The molecule has 3 aromatic heterocycles. The molecular weight excluding hydrogens is 452 g/mol. The summed E-state index contributed by atoms with van der Waals surface area (Å²) in [4.78, 5) is 11.0. The van der Waals surface area contributed by atoms with Crippen LogP contribution in [0.15, 0.2) is 18.2 Å². The summed E-state index contributed by atoms with van der Waals surface area (Å²) >= 11 is 0. The predicted octanol–water partition coefficient (Wildman–Crippen LogP) is 7.92. The first-order valence-electron chi connectivity index (χ1n) is 14.7. The van der Waals surface area contributed by atoms with Crippen LogP contribution in [0.1, 0.15) is 141 Å². The number of rotatable bonds is 2. The lowest BCUT2D eigenvalue weighted by Gasteiger charge is -2.43. The lowest BCUT2D eigenvalue weighted by molar-refractivity contribution is -0.684. The molecule has 0 radical (unpaired) electrons. The highest BCUT2D eigenvalue weighted by Crippen LogP contribution is 2.60. The van der Waals surface area contributed by atoms with Crippen LogP contribution >= 0.6 is 0 Å². The molecule has 1 fully saturated rings. The topological polar surface area (TPSA) is 34.1 Å². The van der Waals surface area contributed by atoms with Gasteiger partial charge in [0.15, 0.2) is 11.3 Å². The standard InChI is InChI=1S/C33H43N4/c1-10-33(11-2)18(3)36-28-23(14-15-24(35-28)31(4,5)6)37-29(36)26-22(34-30(37)32(7,8)9)17-21-19-12-13-20(16-19)25(21)27(26)33/h14-15,17-20H,10-13,16H2,1-9H3/q+1. The van der Waals surface area contributed by atoms with Crippen molar-refractivity contribution >= 4 is 27.7 Å². The molecule has 2 aliphatic carbocycles. The van der Waals surface area contributed by atoms with Crippen LogP contribution < -0.4 is 4.57 Å². The fourth-order valence-corrected chi connectivity index (χ4v) is 8.50. The van der Waals surface area contributed by atoms with E-state index in [1.165, 1.54) is 41.3 Å². The van der Waals surface area contributed by atoms with E-state index >= 15 is 0 Å². The molecule has 0 amide bonds. The van der Waals surface area contributed by atoms with Gasteiger partial charge < -0.3 is 0 Å². The van der Waals surface area contributed by atoms with E-state index in [1.807, 2.05) is 0 Å². The van der Waals surface area contributed by atoms with Crippen LogP contribution in [0.5, 0.6) is 0 Å². The van der Waals surface area contributed by atoms with E-state index in [1.54, 1.807) is 16.7 Å². The van der Waals surface area contributed by atoms with Crippen molar-refractivity contribution in [3.63, 3.8) is 0 Å². The summed E-state index contributed by atoms with van der Waals surface area (Å²) in [6, 6.07) is 7.40. The highest BCUT2D eigenvalue weighted by molar-refractivity contribution is 5.99. The number of benzene rings is 1. The van der Waals surface area contributed by atoms with Gasteiger partial charge in [-0.15, -0.1) is 4.98 Å². The number of nitrogens with zero attached hydrogens (tertiary/aromatic N) is 4. The molecule has 4 heterocycles. The van der Waals surface area contributed by atoms with Crippen LogP contribution in [0.4, 0.5) is 0 Å². The third-order valence-electron chi connectivity index (χ3n) is 10.5. The molecule has 4 nitrogen and oxygen atoms in total. The minimum absolute atomic E-state index is 0.00150. The number of hydrogen-bond acceptors (Lipinski definition) is 2. The molecule has 1 saturated carbocycles. The molecular formula is C33H43N4+. The van der Waals surface area contributed by atoms with E-state index in [9.17, 15) is 0 Å². The van der Waals surface area contributed by atoms with E-state index in [0.29, 0.717) is 6.04 Å². The van der Waals surface area contributed by atoms with Crippen LogP contribution in [0, 0.1) is 0 Å². The molecule has 0 N–H and O–H groups in total. The first kappa shape index (κ1) is 23.6. The predicted molar refractivity (Wildman–Crippen MR) is 152 cm³/mol. The lowest BCUT2D eigenvalue weighted by atomic mass is 9.64. The van der Waals surface area contributed by atoms with E-state index < -0.39 is 0 Å². The largest absolute Gasteiger partial charge is 0.303 e. The van der Waals surface area contributed by atoms with Crippen LogP contribution in [0.2, 0.25) is 0 Å². The van der Waals surface area contributed by atoms with Gasteiger partial charge in [-0.3, -0.25) is 0 Å². The van der Waals surface area contributed by atoms with Gasteiger partial charge in [-0.2, -0.15) is 0 Å². The van der Waals surface area contributed by atoms with Gasteiger partial charge in [-0.25, -0.2) is 14.0 Å². The maximum atomic E-state index is 5.55. The summed E-state index contributed by atoms with van der Waals surface area (Å²) in [6.45, 7) is 21.1. The SMILES string of the molecule is CCC1(CC)c2c3c(cc4nc(C(C)(C)C)n5c6ccc(C(C)(C)C)nc6[n+](c5c24)C1C)C1CCC3C1. The van der Waals surface area contributed by atoms with Crippen molar-refractivity contribution in [1.29, 1.82) is 0 Å².